The fourth-order valence-electron chi connectivity index (χ4n) is 1.92. The van der Waals surface area contributed by atoms with E-state index in [-0.39, 0.29) is 16.5 Å². The van der Waals surface area contributed by atoms with E-state index >= 15 is 0 Å². The van der Waals surface area contributed by atoms with Crippen LogP contribution in [0.25, 0.3) is 0 Å². The maximum Gasteiger partial charge on any atom is 0.304 e. The first-order valence-corrected chi connectivity index (χ1v) is 11.1. The van der Waals surface area contributed by atoms with Crippen LogP contribution in [0.1, 0.15) is 21.7 Å². The number of thioether (sulfide) groups is 1. The van der Waals surface area contributed by atoms with Crippen molar-refractivity contribution < 1.29 is 23.1 Å². The van der Waals surface area contributed by atoms with Crippen molar-refractivity contribution in [1.82, 2.24) is 0 Å². The molecule has 0 aliphatic rings. The molecule has 1 amide bonds. The summed E-state index contributed by atoms with van der Waals surface area (Å²) in [5.41, 5.74) is 1.58. The molecule has 1 aromatic carbocycles. The van der Waals surface area contributed by atoms with Crippen molar-refractivity contribution in [3.8, 4) is 0 Å². The number of sulfone groups is 1. The zero-order valence-corrected chi connectivity index (χ0v) is 15.8. The number of hydrogen-bond acceptors (Lipinski definition) is 6. The molecule has 0 radical (unpaired) electrons. The standard InChI is InChI=1S/C16H17NO5S3/c1-25(21,22)15-6-5-13(24-15)16(20)17-12-4-2-3-11(9-12)10-23-8-7-14(18)19/h2-6,9H,7-8,10H2,1H3,(H,17,20)(H,18,19). The highest BCUT2D eigenvalue weighted by Crippen LogP contribution is 2.23. The summed E-state index contributed by atoms with van der Waals surface area (Å²) in [5, 5.41) is 11.4. The fraction of sp³-hybridized carbons (Fsp3) is 0.250. The number of nitrogens with one attached hydrogen (secondary N) is 1. The van der Waals surface area contributed by atoms with Crippen molar-refractivity contribution in [2.75, 3.05) is 17.3 Å². The average molecular weight is 400 g/mol. The molecule has 6 nitrogen and oxygen atoms in total. The molecule has 9 heteroatoms. The summed E-state index contributed by atoms with van der Waals surface area (Å²) in [6.07, 6.45) is 1.22. The van der Waals surface area contributed by atoms with Gasteiger partial charge >= 0.3 is 5.97 Å². The Kier molecular flexibility index (Phi) is 6.63. The van der Waals surface area contributed by atoms with Gasteiger partial charge in [0.2, 0.25) is 0 Å². The van der Waals surface area contributed by atoms with Gasteiger partial charge in [-0.2, -0.15) is 11.8 Å². The van der Waals surface area contributed by atoms with E-state index in [9.17, 15) is 18.0 Å². The Morgan fingerprint density at radius 1 is 1.24 bits per heavy atom. The maximum atomic E-state index is 12.2. The lowest BCUT2D eigenvalue weighted by Crippen LogP contribution is -2.10. The molecule has 25 heavy (non-hydrogen) atoms. The molecular weight excluding hydrogens is 382 g/mol. The molecular formula is C16H17NO5S3. The van der Waals surface area contributed by atoms with Crippen molar-refractivity contribution >= 4 is 50.5 Å². The molecule has 1 aromatic heterocycles. The van der Waals surface area contributed by atoms with E-state index in [2.05, 4.69) is 5.32 Å². The largest absolute Gasteiger partial charge is 0.481 e. The second kappa shape index (κ2) is 8.50. The van der Waals surface area contributed by atoms with Crippen LogP contribution in [0.2, 0.25) is 0 Å². The minimum Gasteiger partial charge on any atom is -0.481 e. The number of carboxylic acids is 1. The summed E-state index contributed by atoms with van der Waals surface area (Å²) in [7, 11) is -3.32. The van der Waals surface area contributed by atoms with Crippen molar-refractivity contribution in [3.05, 3.63) is 46.8 Å². The van der Waals surface area contributed by atoms with Gasteiger partial charge in [-0.3, -0.25) is 9.59 Å². The van der Waals surface area contributed by atoms with Crippen LogP contribution in [0.3, 0.4) is 0 Å². The molecule has 134 valence electrons. The van der Waals surface area contributed by atoms with E-state index in [1.54, 1.807) is 12.1 Å². The summed E-state index contributed by atoms with van der Waals surface area (Å²) >= 11 is 2.44. The Labute approximate surface area is 154 Å². The Morgan fingerprint density at radius 2 is 2.00 bits per heavy atom. The highest BCUT2D eigenvalue weighted by atomic mass is 32.2. The Balaban J connectivity index is 1.98. The van der Waals surface area contributed by atoms with Crippen molar-refractivity contribution in [1.29, 1.82) is 0 Å². The molecule has 2 aromatic rings. The second-order valence-corrected chi connectivity index (χ2v) is 9.67. The van der Waals surface area contributed by atoms with Gasteiger partial charge in [0, 0.05) is 23.4 Å². The third kappa shape index (κ3) is 6.18. The predicted octanol–water partition coefficient (Wildman–Crippen LogP) is 3.11. The zero-order valence-electron chi connectivity index (χ0n) is 13.4. The summed E-state index contributed by atoms with van der Waals surface area (Å²) in [5.74, 6) is -0.0163. The van der Waals surface area contributed by atoms with Gasteiger partial charge in [-0.15, -0.1) is 11.3 Å². The summed E-state index contributed by atoms with van der Waals surface area (Å²) in [6.45, 7) is 0. The van der Waals surface area contributed by atoms with Gasteiger partial charge in [-0.05, 0) is 29.8 Å². The van der Waals surface area contributed by atoms with Gasteiger partial charge in [-0.1, -0.05) is 12.1 Å². The van der Waals surface area contributed by atoms with Crippen LogP contribution >= 0.6 is 23.1 Å². The number of thiophene rings is 1. The second-order valence-electron chi connectivity index (χ2n) is 5.24. The van der Waals surface area contributed by atoms with Crippen LogP contribution in [0.5, 0.6) is 0 Å². The molecule has 0 aliphatic carbocycles. The van der Waals surface area contributed by atoms with Crippen LogP contribution in [-0.4, -0.2) is 37.4 Å². The number of amides is 1. The van der Waals surface area contributed by atoms with Crippen LogP contribution < -0.4 is 5.32 Å². The Hall–Kier alpha value is -1.84. The van der Waals surface area contributed by atoms with E-state index in [0.717, 1.165) is 23.2 Å². The number of benzene rings is 1. The first-order chi connectivity index (χ1) is 11.8. The van der Waals surface area contributed by atoms with Crippen LogP contribution in [0, 0.1) is 0 Å². The topological polar surface area (TPSA) is 101 Å². The smallest absolute Gasteiger partial charge is 0.304 e. The molecule has 0 bridgehead atoms. The minimum absolute atomic E-state index is 0.113. The average Bonchev–Trinajstić information content (AvgIpc) is 3.02. The number of carboxylic acid groups (broad SMARTS) is 1. The first kappa shape index (κ1) is 19.5. The number of aliphatic carboxylic acids is 1. The SMILES string of the molecule is CS(=O)(=O)c1ccc(C(=O)Nc2cccc(CSCCC(=O)O)c2)s1. The predicted molar refractivity (Wildman–Crippen MR) is 100 cm³/mol. The molecule has 0 fully saturated rings. The van der Waals surface area contributed by atoms with Gasteiger partial charge in [0.1, 0.15) is 4.21 Å². The molecule has 0 saturated heterocycles. The number of rotatable bonds is 8. The number of carbonyl (C=O) groups is 2. The number of anilines is 1. The Morgan fingerprint density at radius 3 is 2.64 bits per heavy atom. The Bertz CT molecular complexity index is 873. The van der Waals surface area contributed by atoms with E-state index in [0.29, 0.717) is 22.1 Å². The lowest BCUT2D eigenvalue weighted by molar-refractivity contribution is -0.136. The lowest BCUT2D eigenvalue weighted by Gasteiger charge is -2.06. The van der Waals surface area contributed by atoms with Crippen molar-refractivity contribution in [2.45, 2.75) is 16.4 Å². The molecule has 0 atom stereocenters. The summed E-state index contributed by atoms with van der Waals surface area (Å²) in [4.78, 5) is 23.0. The van der Waals surface area contributed by atoms with E-state index in [1.165, 1.54) is 23.9 Å². The monoisotopic (exact) mass is 399 g/mol. The fourth-order valence-corrected chi connectivity index (χ4v) is 4.62. The molecule has 0 saturated carbocycles. The summed E-state index contributed by atoms with van der Waals surface area (Å²) in [6, 6.07) is 10.2. The van der Waals surface area contributed by atoms with Crippen molar-refractivity contribution in [2.24, 2.45) is 0 Å². The van der Waals surface area contributed by atoms with E-state index in [4.69, 9.17) is 5.11 Å². The van der Waals surface area contributed by atoms with Gasteiger partial charge in [-0.25, -0.2) is 8.42 Å². The molecule has 0 unspecified atom stereocenters. The number of carbonyl (C=O) groups excluding carboxylic acids is 1. The minimum atomic E-state index is -3.32. The zero-order chi connectivity index (χ0) is 18.4. The molecule has 2 N–H and O–H groups in total. The third-order valence-electron chi connectivity index (χ3n) is 3.08. The highest BCUT2D eigenvalue weighted by Gasteiger charge is 2.15. The molecule has 1 heterocycles. The summed E-state index contributed by atoms with van der Waals surface area (Å²) < 4.78 is 23.1. The molecule has 2 rings (SSSR count). The first-order valence-electron chi connectivity index (χ1n) is 7.25. The molecule has 0 aliphatic heterocycles. The van der Waals surface area contributed by atoms with Gasteiger partial charge < -0.3 is 10.4 Å². The lowest BCUT2D eigenvalue weighted by atomic mass is 10.2. The maximum absolute atomic E-state index is 12.2. The normalized spacial score (nSPS) is 11.2. The van der Waals surface area contributed by atoms with Crippen LogP contribution in [0.15, 0.2) is 40.6 Å². The number of hydrogen-bond donors (Lipinski definition) is 2. The van der Waals surface area contributed by atoms with Crippen LogP contribution in [-0.2, 0) is 20.4 Å². The van der Waals surface area contributed by atoms with Crippen LogP contribution in [0.4, 0.5) is 5.69 Å². The van der Waals surface area contributed by atoms with Crippen molar-refractivity contribution in [3.63, 3.8) is 0 Å². The highest BCUT2D eigenvalue weighted by molar-refractivity contribution is 7.98. The molecule has 0 spiro atoms. The van der Waals surface area contributed by atoms with Gasteiger partial charge in [0.25, 0.3) is 5.91 Å². The van der Waals surface area contributed by atoms with Gasteiger partial charge in [0.05, 0.1) is 11.3 Å². The van der Waals surface area contributed by atoms with E-state index in [1.807, 2.05) is 12.1 Å². The van der Waals surface area contributed by atoms with Gasteiger partial charge in [0.15, 0.2) is 9.84 Å². The quantitative estimate of drug-likeness (QED) is 0.662. The third-order valence-corrected chi connectivity index (χ3v) is 7.02. The van der Waals surface area contributed by atoms with E-state index < -0.39 is 15.8 Å².